The molecule has 0 spiro atoms. The number of hydrogen-bond acceptors (Lipinski definition) is 0. The average Bonchev–Trinajstić information content (AvgIpc) is 3.25. The predicted molar refractivity (Wildman–Crippen MR) is 234 cm³/mol. The van der Waals surface area contributed by atoms with E-state index >= 15 is 0 Å². The molecule has 0 heterocycles. The molecule has 0 bridgehead atoms. The lowest BCUT2D eigenvalue weighted by Gasteiger charge is -2.13. The molecular weight excluding hydrogens is 649 g/mol. The fourth-order valence-electron chi connectivity index (χ4n) is 7.93. The van der Waals surface area contributed by atoms with Crippen molar-refractivity contribution >= 4 is 55.2 Å². The first-order valence-electron chi connectivity index (χ1n) is 18.6. The van der Waals surface area contributed by atoms with Crippen LogP contribution in [0.3, 0.4) is 0 Å². The highest BCUT2D eigenvalue weighted by atomic mass is 14.2. The zero-order valence-corrected chi connectivity index (χ0v) is 29.8. The van der Waals surface area contributed by atoms with Gasteiger partial charge in [0.15, 0.2) is 0 Å². The molecule has 0 aliphatic rings. The van der Waals surface area contributed by atoms with E-state index in [1.54, 1.807) is 0 Å². The second-order valence-electron chi connectivity index (χ2n) is 14.2. The van der Waals surface area contributed by atoms with Crippen molar-refractivity contribution in [2.75, 3.05) is 0 Å². The first-order chi connectivity index (χ1) is 26.7. The van der Waals surface area contributed by atoms with E-state index in [1.165, 1.54) is 98.7 Å². The number of rotatable bonds is 6. The van der Waals surface area contributed by atoms with Crippen LogP contribution in [0.2, 0.25) is 0 Å². The van der Waals surface area contributed by atoms with Crippen LogP contribution in [-0.4, -0.2) is 0 Å². The van der Waals surface area contributed by atoms with E-state index in [0.29, 0.717) is 0 Å². The normalized spacial score (nSPS) is 11.6. The highest BCUT2D eigenvalue weighted by Gasteiger charge is 2.12. The van der Waals surface area contributed by atoms with Crippen LogP contribution in [0.25, 0.3) is 99.7 Å². The summed E-state index contributed by atoms with van der Waals surface area (Å²) in [6.45, 7) is 0. The summed E-state index contributed by atoms with van der Waals surface area (Å²) in [5, 5.41) is 10.00. The molecule has 0 saturated carbocycles. The monoisotopic (exact) mass is 684 g/mol. The molecule has 0 atom stereocenters. The fourth-order valence-corrected chi connectivity index (χ4v) is 7.93. The van der Waals surface area contributed by atoms with Crippen molar-refractivity contribution in [1.82, 2.24) is 0 Å². The third-order valence-electron chi connectivity index (χ3n) is 10.8. The zero-order chi connectivity index (χ0) is 35.8. The second kappa shape index (κ2) is 13.5. The third kappa shape index (κ3) is 6.04. The molecule has 10 aromatic rings. The summed E-state index contributed by atoms with van der Waals surface area (Å²) in [6, 6.07) is 75.3. The van der Waals surface area contributed by atoms with Crippen molar-refractivity contribution < 1.29 is 0 Å². The van der Waals surface area contributed by atoms with Crippen LogP contribution in [0.5, 0.6) is 0 Å². The molecule has 10 rings (SSSR count). The lowest BCUT2D eigenvalue weighted by molar-refractivity contribution is 1.62. The van der Waals surface area contributed by atoms with Gasteiger partial charge in [-0.15, -0.1) is 0 Å². The molecule has 252 valence electrons. The van der Waals surface area contributed by atoms with E-state index in [-0.39, 0.29) is 0 Å². The minimum Gasteiger partial charge on any atom is -0.0622 e. The van der Waals surface area contributed by atoms with Crippen LogP contribution in [-0.2, 0) is 0 Å². The highest BCUT2D eigenvalue weighted by molar-refractivity contribution is 6.04. The van der Waals surface area contributed by atoms with Crippen molar-refractivity contribution in [1.29, 1.82) is 0 Å². The van der Waals surface area contributed by atoms with Crippen LogP contribution in [0.1, 0.15) is 11.1 Å². The Morgan fingerprint density at radius 1 is 0.222 bits per heavy atom. The molecule has 0 nitrogen and oxygen atoms in total. The topological polar surface area (TPSA) is 0 Å². The minimum absolute atomic E-state index is 1.17. The van der Waals surface area contributed by atoms with E-state index < -0.39 is 0 Å². The van der Waals surface area contributed by atoms with Crippen molar-refractivity contribution in [2.24, 2.45) is 0 Å². The van der Waals surface area contributed by atoms with Crippen LogP contribution in [0, 0.1) is 0 Å². The molecule has 0 radical (unpaired) electrons. The maximum atomic E-state index is 2.36. The molecule has 0 aliphatic heterocycles. The SMILES string of the molecule is C(=Cc1ccc2cc(-c3ccc4ccccc4c3)cc(-c3ccccc3)c2c1)c1ccc2cc(-c3ccc4ccccc4c3)cc(-c3ccccc3)c2c1. The Morgan fingerprint density at radius 2 is 0.593 bits per heavy atom. The van der Waals surface area contributed by atoms with Gasteiger partial charge >= 0.3 is 0 Å². The Labute approximate surface area is 315 Å². The van der Waals surface area contributed by atoms with Gasteiger partial charge in [0.2, 0.25) is 0 Å². The lowest BCUT2D eigenvalue weighted by atomic mass is 9.91. The van der Waals surface area contributed by atoms with Gasteiger partial charge in [0.05, 0.1) is 0 Å². The molecule has 0 N–H and O–H groups in total. The summed E-state index contributed by atoms with van der Waals surface area (Å²) in [4.78, 5) is 0. The number of hydrogen-bond donors (Lipinski definition) is 0. The molecule has 0 amide bonds. The van der Waals surface area contributed by atoms with Crippen molar-refractivity contribution in [3.63, 3.8) is 0 Å². The fraction of sp³-hybridized carbons (Fsp3) is 0. The Hall–Kier alpha value is -7.02. The molecule has 0 unspecified atom stereocenters. The highest BCUT2D eigenvalue weighted by Crippen LogP contribution is 2.38. The quantitative estimate of drug-likeness (QED) is 0.153. The Morgan fingerprint density at radius 3 is 1.04 bits per heavy atom. The van der Waals surface area contributed by atoms with Gasteiger partial charge in [0.25, 0.3) is 0 Å². The molecule has 0 fully saturated rings. The van der Waals surface area contributed by atoms with Crippen molar-refractivity contribution in [3.8, 4) is 44.5 Å². The zero-order valence-electron chi connectivity index (χ0n) is 29.8. The van der Waals surface area contributed by atoms with Gasteiger partial charge in [-0.3, -0.25) is 0 Å². The van der Waals surface area contributed by atoms with Gasteiger partial charge in [-0.2, -0.15) is 0 Å². The summed E-state index contributed by atoms with van der Waals surface area (Å²) in [6.07, 6.45) is 4.50. The van der Waals surface area contributed by atoms with Crippen LogP contribution in [0.15, 0.2) is 206 Å². The van der Waals surface area contributed by atoms with E-state index in [2.05, 4.69) is 218 Å². The average molecular weight is 685 g/mol. The largest absolute Gasteiger partial charge is 0.0622 e. The molecule has 54 heavy (non-hydrogen) atoms. The summed E-state index contributed by atoms with van der Waals surface area (Å²) in [5.74, 6) is 0. The van der Waals surface area contributed by atoms with Crippen LogP contribution in [0.4, 0.5) is 0 Å². The minimum atomic E-state index is 1.17. The molecule has 0 saturated heterocycles. The first-order valence-corrected chi connectivity index (χ1v) is 18.6. The van der Waals surface area contributed by atoms with E-state index in [0.717, 1.165) is 0 Å². The second-order valence-corrected chi connectivity index (χ2v) is 14.2. The van der Waals surface area contributed by atoms with Crippen molar-refractivity contribution in [3.05, 3.63) is 217 Å². The summed E-state index contributed by atoms with van der Waals surface area (Å²) in [7, 11) is 0. The molecule has 0 aliphatic carbocycles. The summed E-state index contributed by atoms with van der Waals surface area (Å²) in [5.41, 5.74) is 12.2. The maximum Gasteiger partial charge on any atom is -0.00990 e. The Kier molecular flexibility index (Phi) is 7.93. The van der Waals surface area contributed by atoms with Gasteiger partial charge < -0.3 is 0 Å². The molecular formula is C54H36. The van der Waals surface area contributed by atoms with Crippen LogP contribution >= 0.6 is 0 Å². The predicted octanol–water partition coefficient (Wildman–Crippen LogP) is 15.1. The Balaban J connectivity index is 1.04. The molecule has 10 aromatic carbocycles. The van der Waals surface area contributed by atoms with E-state index in [4.69, 9.17) is 0 Å². The van der Waals surface area contributed by atoms with Gasteiger partial charge in [0.1, 0.15) is 0 Å². The smallest absolute Gasteiger partial charge is 0.00990 e. The standard InChI is InChI=1S/C54H36/c1-3-13-41(14-4-1)53-35-49(45-27-25-39-11-7-9-17-43(39)31-45)33-47-23-21-37(29-51(47)53)19-20-38-22-24-48-34-50(46-28-26-40-12-8-10-18-44(40)32-46)36-54(52(48)30-38)42-15-5-2-6-16-42/h1-36H. The van der Waals surface area contributed by atoms with E-state index in [9.17, 15) is 0 Å². The first kappa shape index (κ1) is 31.7. The van der Waals surface area contributed by atoms with Gasteiger partial charge in [0, 0.05) is 0 Å². The molecule has 0 heteroatoms. The lowest BCUT2D eigenvalue weighted by Crippen LogP contribution is -1.87. The summed E-state index contributed by atoms with van der Waals surface area (Å²) < 4.78 is 0. The molecule has 0 aromatic heterocycles. The number of fused-ring (bicyclic) bond motifs is 4. The third-order valence-corrected chi connectivity index (χ3v) is 10.8. The van der Waals surface area contributed by atoms with Crippen LogP contribution < -0.4 is 0 Å². The van der Waals surface area contributed by atoms with E-state index in [1.807, 2.05) is 0 Å². The number of benzene rings is 10. The van der Waals surface area contributed by atoms with Gasteiger partial charge in [-0.05, 0) is 147 Å². The maximum absolute atomic E-state index is 2.36. The van der Waals surface area contributed by atoms with Gasteiger partial charge in [-0.1, -0.05) is 170 Å². The summed E-state index contributed by atoms with van der Waals surface area (Å²) >= 11 is 0. The van der Waals surface area contributed by atoms with Crippen molar-refractivity contribution in [2.45, 2.75) is 0 Å². The Bertz CT molecular complexity index is 2810. The van der Waals surface area contributed by atoms with Gasteiger partial charge in [-0.25, -0.2) is 0 Å².